The van der Waals surface area contributed by atoms with E-state index in [2.05, 4.69) is 50.5 Å². The molecule has 8 heteroatoms. The Bertz CT molecular complexity index is 1020. The average Bonchev–Trinajstić information content (AvgIpc) is 3.44. The van der Waals surface area contributed by atoms with E-state index >= 15 is 0 Å². The van der Waals surface area contributed by atoms with Gasteiger partial charge >= 0.3 is 0 Å². The third kappa shape index (κ3) is 8.38. The van der Waals surface area contributed by atoms with Crippen LogP contribution in [0.25, 0.3) is 16.8 Å². The Kier molecular flexibility index (Phi) is 10.7. The van der Waals surface area contributed by atoms with E-state index in [0.29, 0.717) is 11.7 Å². The minimum Gasteiger partial charge on any atom is -0.501 e. The fourth-order valence-electron chi connectivity index (χ4n) is 3.00. The van der Waals surface area contributed by atoms with Crippen molar-refractivity contribution in [2.45, 2.75) is 39.7 Å². The third-order valence-electron chi connectivity index (χ3n) is 4.85. The second kappa shape index (κ2) is 13.2. The van der Waals surface area contributed by atoms with Crippen LogP contribution >= 0.6 is 22.7 Å². The summed E-state index contributed by atoms with van der Waals surface area (Å²) in [4.78, 5) is 20.7. The van der Waals surface area contributed by atoms with Crippen LogP contribution in [0, 0.1) is 11.8 Å². The number of amides is 1. The van der Waals surface area contributed by atoms with Crippen LogP contribution < -0.4 is 5.73 Å². The second-order valence-corrected chi connectivity index (χ2v) is 9.70. The summed E-state index contributed by atoms with van der Waals surface area (Å²) in [5.74, 6) is 0.512. The van der Waals surface area contributed by atoms with Gasteiger partial charge in [0.05, 0.1) is 23.9 Å². The Morgan fingerprint density at radius 2 is 1.76 bits per heavy atom. The lowest BCUT2D eigenvalue weighted by molar-refractivity contribution is -0.113. The van der Waals surface area contributed by atoms with E-state index < -0.39 is 5.91 Å². The maximum absolute atomic E-state index is 11.2. The Balaban J connectivity index is 2.09. The van der Waals surface area contributed by atoms with Crippen LogP contribution in [0.15, 0.2) is 53.0 Å². The van der Waals surface area contributed by atoms with Gasteiger partial charge in [-0.25, -0.2) is 9.97 Å². The summed E-state index contributed by atoms with van der Waals surface area (Å²) in [6, 6.07) is 0. The summed E-state index contributed by atoms with van der Waals surface area (Å²) in [5.41, 5.74) is 6.97. The maximum atomic E-state index is 11.2. The molecule has 0 aliphatic rings. The topological polar surface area (TPSA) is 87.3 Å². The lowest BCUT2D eigenvalue weighted by Gasteiger charge is -2.21. The number of hydrogen-bond acceptors (Lipinski definition) is 7. The van der Waals surface area contributed by atoms with Gasteiger partial charge in [0.25, 0.3) is 0 Å². The van der Waals surface area contributed by atoms with E-state index in [1.54, 1.807) is 29.8 Å². The van der Waals surface area contributed by atoms with Crippen LogP contribution in [-0.2, 0) is 14.3 Å². The van der Waals surface area contributed by atoms with E-state index in [1.165, 1.54) is 13.2 Å². The molecule has 0 aromatic carbocycles. The molecule has 0 bridgehead atoms. The molecule has 6 nitrogen and oxygen atoms in total. The van der Waals surface area contributed by atoms with Crippen molar-refractivity contribution >= 4 is 34.7 Å². The number of rotatable bonds is 12. The number of nitrogens with zero attached hydrogens (tertiary/aromatic N) is 2. The molecule has 2 aromatic heterocycles. The Morgan fingerprint density at radius 3 is 2.39 bits per heavy atom. The molecule has 33 heavy (non-hydrogen) atoms. The predicted molar refractivity (Wildman–Crippen MR) is 138 cm³/mol. The Morgan fingerprint density at radius 1 is 1.03 bits per heavy atom. The molecular formula is C25H33N3O3S2. The fraction of sp³-hybridized carbons (Fsp3) is 0.400. The van der Waals surface area contributed by atoms with Crippen molar-refractivity contribution in [3.8, 4) is 10.7 Å². The largest absolute Gasteiger partial charge is 0.501 e. The summed E-state index contributed by atoms with van der Waals surface area (Å²) < 4.78 is 10.9. The first-order chi connectivity index (χ1) is 15.7. The van der Waals surface area contributed by atoms with Crippen LogP contribution in [0.1, 0.15) is 44.3 Å². The number of carbonyl (C=O) groups excluding carboxylic acids is 1. The normalized spacial score (nSPS) is 15.7. The van der Waals surface area contributed by atoms with Crippen LogP contribution in [0.5, 0.6) is 0 Å². The van der Waals surface area contributed by atoms with Crippen molar-refractivity contribution in [2.75, 3.05) is 14.2 Å². The molecule has 3 atom stereocenters. The van der Waals surface area contributed by atoms with E-state index in [4.69, 9.17) is 25.2 Å². The molecule has 0 aliphatic heterocycles. The molecule has 0 saturated heterocycles. The highest BCUT2D eigenvalue weighted by Crippen LogP contribution is 2.29. The van der Waals surface area contributed by atoms with E-state index in [1.807, 2.05) is 24.5 Å². The predicted octanol–water partition coefficient (Wildman–Crippen LogP) is 5.82. The van der Waals surface area contributed by atoms with Gasteiger partial charge in [-0.3, -0.25) is 4.79 Å². The fourth-order valence-corrected chi connectivity index (χ4v) is 4.66. The second-order valence-electron chi connectivity index (χ2n) is 7.95. The SMILES string of the molecule is COC(=CC(N)=O)[C@H](C)[C@H](C=Cc1csc(-c2csc([C@@H](C)C=CC=CC(C)C)n2)n1)OC. The molecule has 0 spiro atoms. The number of ether oxygens (including phenoxy) is 2. The van der Waals surface area contributed by atoms with Crippen LogP contribution in [0.4, 0.5) is 0 Å². The number of thiazole rings is 2. The summed E-state index contributed by atoms with van der Waals surface area (Å²) in [6.07, 6.45) is 13.3. The molecule has 0 saturated carbocycles. The molecular weight excluding hydrogens is 454 g/mol. The van der Waals surface area contributed by atoms with Crippen LogP contribution in [-0.4, -0.2) is 36.2 Å². The summed E-state index contributed by atoms with van der Waals surface area (Å²) >= 11 is 3.20. The number of carbonyl (C=O) groups is 1. The number of allylic oxidation sites excluding steroid dienone is 4. The third-order valence-corrected chi connectivity index (χ3v) is 6.78. The molecule has 0 fully saturated rings. The maximum Gasteiger partial charge on any atom is 0.244 e. The van der Waals surface area contributed by atoms with Crippen molar-refractivity contribution in [3.05, 3.63) is 63.7 Å². The van der Waals surface area contributed by atoms with Crippen molar-refractivity contribution < 1.29 is 14.3 Å². The summed E-state index contributed by atoms with van der Waals surface area (Å²) in [7, 11) is 3.12. The number of primary amides is 1. The first kappa shape index (κ1) is 26.7. The van der Waals surface area contributed by atoms with Gasteiger partial charge < -0.3 is 15.2 Å². The van der Waals surface area contributed by atoms with Gasteiger partial charge in [-0.1, -0.05) is 58.1 Å². The lowest BCUT2D eigenvalue weighted by atomic mass is 10.0. The number of hydrogen-bond donors (Lipinski definition) is 1. The zero-order chi connectivity index (χ0) is 24.4. The van der Waals surface area contributed by atoms with E-state index in [0.717, 1.165) is 21.4 Å². The molecule has 2 aromatic rings. The van der Waals surface area contributed by atoms with Crippen molar-refractivity contribution in [1.82, 2.24) is 9.97 Å². The van der Waals surface area contributed by atoms with Crippen molar-refractivity contribution in [3.63, 3.8) is 0 Å². The van der Waals surface area contributed by atoms with E-state index in [-0.39, 0.29) is 17.9 Å². The summed E-state index contributed by atoms with van der Waals surface area (Å²) in [6.45, 7) is 8.37. The number of aromatic nitrogens is 2. The molecule has 178 valence electrons. The molecule has 2 N–H and O–H groups in total. The zero-order valence-electron chi connectivity index (χ0n) is 20.0. The highest BCUT2D eigenvalue weighted by molar-refractivity contribution is 7.14. The van der Waals surface area contributed by atoms with Gasteiger partial charge in [0.15, 0.2) is 0 Å². The van der Waals surface area contributed by atoms with Gasteiger partial charge in [0.1, 0.15) is 16.5 Å². The zero-order valence-corrected chi connectivity index (χ0v) is 21.7. The van der Waals surface area contributed by atoms with Gasteiger partial charge in [0.2, 0.25) is 5.91 Å². The average molecular weight is 488 g/mol. The van der Waals surface area contributed by atoms with Gasteiger partial charge in [-0.2, -0.15) is 0 Å². The smallest absolute Gasteiger partial charge is 0.244 e. The summed E-state index contributed by atoms with van der Waals surface area (Å²) in [5, 5.41) is 5.98. The van der Waals surface area contributed by atoms with Gasteiger partial charge in [-0.05, 0) is 12.0 Å². The number of methoxy groups -OCH3 is 2. The highest BCUT2D eigenvalue weighted by Gasteiger charge is 2.20. The molecule has 2 heterocycles. The standard InChI is InChI=1S/C25H33N3O3S2/c1-16(2)9-7-8-10-17(3)24-28-20(15-33-24)25-27-19(14-32-25)11-12-21(30-5)18(4)22(31-6)13-23(26)29/h7-18,21H,1-6H3,(H2,26,29)/t17-,18+,21-/m0/s1. The molecule has 1 amide bonds. The van der Waals surface area contributed by atoms with Crippen LogP contribution in [0.2, 0.25) is 0 Å². The van der Waals surface area contributed by atoms with Crippen LogP contribution in [0.3, 0.4) is 0 Å². The van der Waals surface area contributed by atoms with Crippen molar-refractivity contribution in [1.29, 1.82) is 0 Å². The Hall–Kier alpha value is -2.55. The quantitative estimate of drug-likeness (QED) is 0.232. The first-order valence-corrected chi connectivity index (χ1v) is 12.5. The first-order valence-electron chi connectivity index (χ1n) is 10.8. The van der Waals surface area contributed by atoms with Gasteiger partial charge in [0, 0.05) is 35.8 Å². The molecule has 0 radical (unpaired) electrons. The van der Waals surface area contributed by atoms with Gasteiger partial charge in [-0.15, -0.1) is 22.7 Å². The highest BCUT2D eigenvalue weighted by atomic mass is 32.1. The number of nitrogens with two attached hydrogens (primary N) is 1. The lowest BCUT2D eigenvalue weighted by Crippen LogP contribution is -2.22. The van der Waals surface area contributed by atoms with Crippen molar-refractivity contribution in [2.24, 2.45) is 17.6 Å². The molecule has 2 rings (SSSR count). The van der Waals surface area contributed by atoms with E-state index in [9.17, 15) is 4.79 Å². The molecule has 0 unspecified atom stereocenters. The minimum absolute atomic E-state index is 0.187. The minimum atomic E-state index is -0.555. The Labute approximate surface area is 204 Å². The molecule has 0 aliphatic carbocycles. The monoisotopic (exact) mass is 487 g/mol.